The summed E-state index contributed by atoms with van der Waals surface area (Å²) in [7, 11) is 0. The number of carbonyl (C=O) groups is 3. The molecule has 2 aromatic carbocycles. The molecular weight excluding hydrogens is 572 g/mol. The average molecular weight is 615 g/mol. The number of anilines is 1. The first-order valence-corrected chi connectivity index (χ1v) is 15.9. The number of piperidine rings is 2. The number of amides is 2. The monoisotopic (exact) mass is 614 g/mol. The van der Waals surface area contributed by atoms with Gasteiger partial charge in [-0.3, -0.25) is 14.5 Å². The van der Waals surface area contributed by atoms with Crippen LogP contribution in [-0.2, 0) is 17.8 Å². The van der Waals surface area contributed by atoms with E-state index in [9.17, 15) is 14.4 Å². The van der Waals surface area contributed by atoms with Gasteiger partial charge in [-0.05, 0) is 86.0 Å². The Bertz CT molecular complexity index is 1420. The molecule has 5 rings (SSSR count). The molecule has 238 valence electrons. The highest BCUT2D eigenvalue weighted by molar-refractivity contribution is 6.04. The number of carboxylic acids is 1. The van der Waals surface area contributed by atoms with Crippen molar-refractivity contribution in [3.8, 4) is 11.6 Å². The Morgan fingerprint density at radius 1 is 0.911 bits per heavy atom. The van der Waals surface area contributed by atoms with Crippen LogP contribution >= 0.6 is 0 Å². The lowest BCUT2D eigenvalue weighted by Crippen LogP contribution is -2.41. The number of aliphatic carboxylic acids is 1. The molecule has 1 atom stereocenters. The molecule has 2 amide bonds. The van der Waals surface area contributed by atoms with Gasteiger partial charge in [-0.2, -0.15) is 0 Å². The third kappa shape index (κ3) is 9.28. The average Bonchev–Trinajstić information content (AvgIpc) is 3.06. The number of pyridine rings is 1. The van der Waals surface area contributed by atoms with E-state index in [-0.39, 0.29) is 18.2 Å². The first-order valence-electron chi connectivity index (χ1n) is 15.9. The SMILES string of the molecule is CCC1CCCCN1Cc1ccc(C(=O)Nc2ccc(OC(=O)N3CCC(COc4ccc(CC(=O)O)cc4)CC3)nc2)cc1. The minimum Gasteiger partial charge on any atom is -0.493 e. The topological polar surface area (TPSA) is 121 Å². The van der Waals surface area contributed by atoms with Crippen LogP contribution in [0.25, 0.3) is 0 Å². The van der Waals surface area contributed by atoms with Crippen LogP contribution in [0.4, 0.5) is 10.5 Å². The van der Waals surface area contributed by atoms with Crippen LogP contribution in [-0.4, -0.2) is 70.1 Å². The molecule has 1 unspecified atom stereocenters. The maximum Gasteiger partial charge on any atom is 0.416 e. The smallest absolute Gasteiger partial charge is 0.416 e. The Morgan fingerprint density at radius 3 is 2.31 bits per heavy atom. The van der Waals surface area contributed by atoms with Gasteiger partial charge < -0.3 is 24.8 Å². The molecule has 0 radical (unpaired) electrons. The van der Waals surface area contributed by atoms with Gasteiger partial charge in [-0.15, -0.1) is 0 Å². The molecular formula is C35H42N4O6. The van der Waals surface area contributed by atoms with Crippen molar-refractivity contribution in [1.29, 1.82) is 0 Å². The summed E-state index contributed by atoms with van der Waals surface area (Å²) in [4.78, 5) is 44.8. The molecule has 2 fully saturated rings. The Kier molecular flexibility index (Phi) is 11.0. The fourth-order valence-corrected chi connectivity index (χ4v) is 5.97. The summed E-state index contributed by atoms with van der Waals surface area (Å²) in [6, 6.07) is 18.7. The Labute approximate surface area is 264 Å². The lowest BCUT2D eigenvalue weighted by atomic mass is 9.98. The summed E-state index contributed by atoms with van der Waals surface area (Å²) in [6.07, 6.45) is 7.55. The summed E-state index contributed by atoms with van der Waals surface area (Å²) < 4.78 is 11.4. The first kappa shape index (κ1) is 32.0. The molecule has 3 aromatic rings. The van der Waals surface area contributed by atoms with E-state index < -0.39 is 12.1 Å². The van der Waals surface area contributed by atoms with Crippen molar-refractivity contribution in [1.82, 2.24) is 14.8 Å². The lowest BCUT2D eigenvalue weighted by molar-refractivity contribution is -0.136. The second-order valence-electron chi connectivity index (χ2n) is 11.9. The van der Waals surface area contributed by atoms with Crippen LogP contribution in [0.15, 0.2) is 66.9 Å². The molecule has 0 spiro atoms. The molecule has 2 aliphatic heterocycles. The van der Waals surface area contributed by atoms with E-state index >= 15 is 0 Å². The highest BCUT2D eigenvalue weighted by Crippen LogP contribution is 2.23. The van der Waals surface area contributed by atoms with Gasteiger partial charge in [0.1, 0.15) is 5.75 Å². The normalized spacial score (nSPS) is 17.4. The number of benzene rings is 2. The van der Waals surface area contributed by atoms with E-state index in [1.165, 1.54) is 37.4 Å². The van der Waals surface area contributed by atoms with Crippen molar-refractivity contribution in [3.05, 3.63) is 83.6 Å². The summed E-state index contributed by atoms with van der Waals surface area (Å²) in [5.74, 6) is 0.0773. The van der Waals surface area contributed by atoms with E-state index in [1.807, 2.05) is 24.3 Å². The molecule has 2 aliphatic rings. The fourth-order valence-electron chi connectivity index (χ4n) is 5.97. The van der Waals surface area contributed by atoms with E-state index in [2.05, 4.69) is 22.1 Å². The number of ether oxygens (including phenoxy) is 2. The number of likely N-dealkylation sites (tertiary alicyclic amines) is 2. The molecule has 1 aromatic heterocycles. The third-order valence-electron chi connectivity index (χ3n) is 8.65. The highest BCUT2D eigenvalue weighted by Gasteiger charge is 2.25. The van der Waals surface area contributed by atoms with Gasteiger partial charge in [0.15, 0.2) is 0 Å². The minimum atomic E-state index is -0.865. The van der Waals surface area contributed by atoms with Gasteiger partial charge in [-0.1, -0.05) is 37.6 Å². The fraction of sp³-hybridized carbons (Fsp3) is 0.429. The highest BCUT2D eigenvalue weighted by atomic mass is 16.6. The molecule has 3 heterocycles. The predicted octanol–water partition coefficient (Wildman–Crippen LogP) is 6.02. The van der Waals surface area contributed by atoms with Gasteiger partial charge >= 0.3 is 12.1 Å². The first-order chi connectivity index (χ1) is 21.9. The van der Waals surface area contributed by atoms with E-state index in [0.29, 0.717) is 48.7 Å². The van der Waals surface area contributed by atoms with Gasteiger partial charge in [0, 0.05) is 37.3 Å². The number of carboxylic acid groups (broad SMARTS) is 1. The standard InChI is InChI=1S/C35H42N4O6/c1-2-30-5-3-4-18-39(30)23-26-6-10-28(11-7-26)34(42)37-29-12-15-32(36-22-29)45-35(43)38-19-16-27(17-20-38)24-44-31-13-8-25(9-14-31)21-33(40)41/h6-15,22,27,30H,2-5,16-21,23-24H2,1H3,(H,37,42)(H,40,41). The molecule has 45 heavy (non-hydrogen) atoms. The van der Waals surface area contributed by atoms with Crippen molar-refractivity contribution in [2.45, 2.75) is 64.5 Å². The van der Waals surface area contributed by atoms with Crippen molar-refractivity contribution < 1.29 is 29.0 Å². The van der Waals surface area contributed by atoms with Crippen molar-refractivity contribution in [3.63, 3.8) is 0 Å². The number of aromatic nitrogens is 1. The third-order valence-corrected chi connectivity index (χ3v) is 8.65. The van der Waals surface area contributed by atoms with Crippen molar-refractivity contribution in [2.75, 3.05) is 31.6 Å². The Balaban J connectivity index is 1.03. The molecule has 10 nitrogen and oxygen atoms in total. The lowest BCUT2D eigenvalue weighted by Gasteiger charge is -2.35. The second kappa shape index (κ2) is 15.5. The number of hydrogen-bond donors (Lipinski definition) is 2. The van der Waals surface area contributed by atoms with Crippen LogP contribution in [0, 0.1) is 5.92 Å². The van der Waals surface area contributed by atoms with Crippen LogP contribution < -0.4 is 14.8 Å². The van der Waals surface area contributed by atoms with Crippen molar-refractivity contribution >= 4 is 23.7 Å². The molecule has 0 aliphatic carbocycles. The van der Waals surface area contributed by atoms with Crippen molar-refractivity contribution in [2.24, 2.45) is 5.92 Å². The van der Waals surface area contributed by atoms with Gasteiger partial charge in [0.2, 0.25) is 5.88 Å². The summed E-state index contributed by atoms with van der Waals surface area (Å²) in [5, 5.41) is 11.8. The van der Waals surface area contributed by atoms with Crippen LogP contribution in [0.2, 0.25) is 0 Å². The Morgan fingerprint density at radius 2 is 1.64 bits per heavy atom. The Hall–Kier alpha value is -4.44. The molecule has 2 saturated heterocycles. The maximum atomic E-state index is 12.8. The quantitative estimate of drug-likeness (QED) is 0.269. The molecule has 0 saturated carbocycles. The number of nitrogens with one attached hydrogen (secondary N) is 1. The van der Waals surface area contributed by atoms with Crippen LogP contribution in [0.3, 0.4) is 0 Å². The summed E-state index contributed by atoms with van der Waals surface area (Å²) in [6.45, 7) is 5.91. The zero-order valence-corrected chi connectivity index (χ0v) is 25.8. The van der Waals surface area contributed by atoms with Gasteiger partial charge in [0.05, 0.1) is 24.9 Å². The largest absolute Gasteiger partial charge is 0.493 e. The molecule has 10 heteroatoms. The predicted molar refractivity (Wildman–Crippen MR) is 171 cm³/mol. The summed E-state index contributed by atoms with van der Waals surface area (Å²) >= 11 is 0. The zero-order valence-electron chi connectivity index (χ0n) is 25.8. The minimum absolute atomic E-state index is 0.0151. The second-order valence-corrected chi connectivity index (χ2v) is 11.9. The number of hydrogen-bond acceptors (Lipinski definition) is 7. The van der Waals surface area contributed by atoms with E-state index in [4.69, 9.17) is 14.6 Å². The number of rotatable bonds is 11. The molecule has 0 bridgehead atoms. The maximum absolute atomic E-state index is 12.8. The van der Waals surface area contributed by atoms with E-state index in [0.717, 1.165) is 31.5 Å². The zero-order chi connectivity index (χ0) is 31.6. The van der Waals surface area contributed by atoms with Gasteiger partial charge in [-0.25, -0.2) is 9.78 Å². The summed E-state index contributed by atoms with van der Waals surface area (Å²) in [5.41, 5.74) is 3.02. The van der Waals surface area contributed by atoms with E-state index in [1.54, 1.807) is 41.3 Å². The number of nitrogens with zero attached hydrogens (tertiary/aromatic N) is 3. The van der Waals surface area contributed by atoms with Crippen LogP contribution in [0.1, 0.15) is 66.9 Å². The number of carbonyl (C=O) groups excluding carboxylic acids is 2. The molecule has 2 N–H and O–H groups in total. The van der Waals surface area contributed by atoms with Gasteiger partial charge in [0.25, 0.3) is 5.91 Å². The van der Waals surface area contributed by atoms with Crippen LogP contribution in [0.5, 0.6) is 11.6 Å².